The van der Waals surface area contributed by atoms with Crippen LogP contribution in [0.3, 0.4) is 0 Å². The second-order valence-corrected chi connectivity index (χ2v) is 4.24. The number of anilines is 1. The topological polar surface area (TPSA) is 47.7 Å². The molecule has 0 saturated heterocycles. The molecular formula is C12H17F2N5. The number of rotatable bonds is 6. The van der Waals surface area contributed by atoms with E-state index in [1.165, 1.54) is 15.6 Å². The summed E-state index contributed by atoms with van der Waals surface area (Å²) in [6.07, 6.45) is 3.26. The molecule has 0 radical (unpaired) electrons. The van der Waals surface area contributed by atoms with Crippen molar-refractivity contribution in [2.24, 2.45) is 0 Å². The molecule has 2 heterocycles. The molecule has 0 amide bonds. The van der Waals surface area contributed by atoms with Crippen LogP contribution in [-0.4, -0.2) is 26.2 Å². The maximum absolute atomic E-state index is 13.7. The van der Waals surface area contributed by atoms with E-state index < -0.39 is 6.67 Å². The minimum absolute atomic E-state index is 0.227. The van der Waals surface area contributed by atoms with E-state index in [0.717, 1.165) is 5.56 Å². The van der Waals surface area contributed by atoms with Crippen LogP contribution in [0.5, 0.6) is 0 Å². The molecule has 2 aromatic heterocycles. The van der Waals surface area contributed by atoms with E-state index in [4.69, 9.17) is 0 Å². The van der Waals surface area contributed by atoms with Crippen LogP contribution in [0.2, 0.25) is 0 Å². The molecule has 0 aliphatic rings. The first kappa shape index (κ1) is 13.5. The fourth-order valence-electron chi connectivity index (χ4n) is 1.82. The smallest absolute Gasteiger partial charge is 0.216 e. The molecule has 0 spiro atoms. The lowest BCUT2D eigenvalue weighted by Gasteiger charge is -2.03. The van der Waals surface area contributed by atoms with Crippen molar-refractivity contribution < 1.29 is 8.78 Å². The highest BCUT2D eigenvalue weighted by atomic mass is 19.1. The third kappa shape index (κ3) is 2.91. The normalized spacial score (nSPS) is 10.9. The highest BCUT2D eigenvalue weighted by Gasteiger charge is 2.10. The van der Waals surface area contributed by atoms with Gasteiger partial charge in [0.2, 0.25) is 5.95 Å². The van der Waals surface area contributed by atoms with E-state index in [1.54, 1.807) is 6.20 Å². The summed E-state index contributed by atoms with van der Waals surface area (Å²) in [5.41, 5.74) is 1.39. The number of halogens is 2. The molecule has 1 N–H and O–H groups in total. The summed E-state index contributed by atoms with van der Waals surface area (Å²) in [6.45, 7) is 4.27. The van der Waals surface area contributed by atoms with Crippen LogP contribution in [0.25, 0.3) is 0 Å². The number of aromatic nitrogens is 4. The number of hydrogen-bond acceptors (Lipinski definition) is 3. The predicted octanol–water partition coefficient (Wildman–Crippen LogP) is 2.13. The van der Waals surface area contributed by atoms with Crippen molar-refractivity contribution in [1.82, 2.24) is 19.6 Å². The van der Waals surface area contributed by atoms with Gasteiger partial charge in [0.25, 0.3) is 0 Å². The van der Waals surface area contributed by atoms with E-state index in [9.17, 15) is 8.78 Å². The summed E-state index contributed by atoms with van der Waals surface area (Å²) in [5, 5.41) is 11.2. The monoisotopic (exact) mass is 269 g/mol. The van der Waals surface area contributed by atoms with Crippen molar-refractivity contribution in [2.75, 3.05) is 12.0 Å². The van der Waals surface area contributed by atoms with Crippen LogP contribution < -0.4 is 5.32 Å². The quantitative estimate of drug-likeness (QED) is 0.874. The first-order valence-corrected chi connectivity index (χ1v) is 6.19. The zero-order chi connectivity index (χ0) is 13.8. The van der Waals surface area contributed by atoms with E-state index in [1.807, 2.05) is 13.8 Å². The second kappa shape index (κ2) is 5.81. The summed E-state index contributed by atoms with van der Waals surface area (Å²) >= 11 is 0. The molecule has 0 saturated carbocycles. The van der Waals surface area contributed by atoms with Crippen LogP contribution in [0.1, 0.15) is 18.1 Å². The van der Waals surface area contributed by atoms with Gasteiger partial charge >= 0.3 is 0 Å². The molecule has 0 aliphatic heterocycles. The van der Waals surface area contributed by atoms with Gasteiger partial charge in [-0.05, 0) is 13.8 Å². The molecule has 2 rings (SSSR count). The molecular weight excluding hydrogens is 252 g/mol. The van der Waals surface area contributed by atoms with Gasteiger partial charge in [-0.1, -0.05) is 0 Å². The number of nitrogens with zero attached hydrogens (tertiary/aromatic N) is 4. The number of nitrogens with one attached hydrogen (secondary N) is 1. The Hall–Kier alpha value is -1.92. The van der Waals surface area contributed by atoms with Crippen LogP contribution in [-0.2, 0) is 19.6 Å². The van der Waals surface area contributed by atoms with Crippen LogP contribution in [0.4, 0.5) is 14.6 Å². The summed E-state index contributed by atoms with van der Waals surface area (Å²) < 4.78 is 28.8. The van der Waals surface area contributed by atoms with Crippen molar-refractivity contribution in [1.29, 1.82) is 0 Å². The second-order valence-electron chi connectivity index (χ2n) is 4.24. The molecule has 0 unspecified atom stereocenters. The van der Waals surface area contributed by atoms with E-state index in [2.05, 4.69) is 15.5 Å². The lowest BCUT2D eigenvalue weighted by molar-refractivity contribution is 0.427. The van der Waals surface area contributed by atoms with Crippen LogP contribution in [0, 0.1) is 12.9 Å². The van der Waals surface area contributed by atoms with Crippen molar-refractivity contribution in [2.45, 2.75) is 33.5 Å². The Labute approximate surface area is 110 Å². The minimum Gasteiger partial charge on any atom is -0.364 e. The van der Waals surface area contributed by atoms with Crippen molar-refractivity contribution in [3.8, 4) is 0 Å². The van der Waals surface area contributed by atoms with Gasteiger partial charge in [-0.25, -0.2) is 9.07 Å². The van der Waals surface area contributed by atoms with E-state index in [-0.39, 0.29) is 12.5 Å². The van der Waals surface area contributed by atoms with Crippen molar-refractivity contribution in [3.05, 3.63) is 29.5 Å². The third-order valence-electron chi connectivity index (χ3n) is 2.85. The Kier molecular flexibility index (Phi) is 4.13. The highest BCUT2D eigenvalue weighted by molar-refractivity contribution is 5.42. The first-order valence-electron chi connectivity index (χ1n) is 6.19. The fraction of sp³-hybridized carbons (Fsp3) is 0.500. The Morgan fingerprint density at radius 1 is 1.42 bits per heavy atom. The van der Waals surface area contributed by atoms with Crippen LogP contribution in [0.15, 0.2) is 12.4 Å². The number of hydrogen-bond donors (Lipinski definition) is 1. The Balaban J connectivity index is 2.03. The Morgan fingerprint density at radius 3 is 2.84 bits per heavy atom. The van der Waals surface area contributed by atoms with Gasteiger partial charge in [-0.2, -0.15) is 14.6 Å². The number of aryl methyl sites for hydroxylation is 3. The third-order valence-corrected chi connectivity index (χ3v) is 2.85. The standard InChI is InChI=1S/C12H17F2N5/c1-3-19-11(14)10(7-16-19)6-15-12-9(2)8-18(17-12)5-4-13/h7-8H,3-6H2,1-2H3,(H,15,17). The van der Waals surface area contributed by atoms with Gasteiger partial charge in [0.05, 0.1) is 12.7 Å². The SMILES string of the molecule is CCn1ncc(CNc2nn(CCF)cc2C)c1F. The summed E-state index contributed by atoms with van der Waals surface area (Å²) in [6, 6.07) is 0. The molecule has 0 bridgehead atoms. The number of alkyl halides is 1. The summed E-state index contributed by atoms with van der Waals surface area (Å²) in [4.78, 5) is 0. The van der Waals surface area contributed by atoms with Crippen molar-refractivity contribution >= 4 is 5.82 Å². The lowest BCUT2D eigenvalue weighted by atomic mass is 10.3. The van der Waals surface area contributed by atoms with E-state index in [0.29, 0.717) is 24.5 Å². The molecule has 7 heteroatoms. The molecule has 2 aromatic rings. The lowest BCUT2D eigenvalue weighted by Crippen LogP contribution is -2.06. The van der Waals surface area contributed by atoms with E-state index >= 15 is 0 Å². The van der Waals surface area contributed by atoms with Gasteiger partial charge in [0.15, 0.2) is 5.82 Å². The molecule has 0 aliphatic carbocycles. The van der Waals surface area contributed by atoms with Gasteiger partial charge in [0.1, 0.15) is 6.67 Å². The van der Waals surface area contributed by atoms with Gasteiger partial charge in [-0.15, -0.1) is 0 Å². The molecule has 19 heavy (non-hydrogen) atoms. The predicted molar refractivity (Wildman–Crippen MR) is 68.1 cm³/mol. The maximum Gasteiger partial charge on any atom is 0.216 e. The summed E-state index contributed by atoms with van der Waals surface area (Å²) in [5.74, 6) is 0.299. The summed E-state index contributed by atoms with van der Waals surface area (Å²) in [7, 11) is 0. The van der Waals surface area contributed by atoms with Gasteiger partial charge in [0, 0.05) is 30.4 Å². The zero-order valence-electron chi connectivity index (χ0n) is 11.0. The molecule has 5 nitrogen and oxygen atoms in total. The largest absolute Gasteiger partial charge is 0.364 e. The minimum atomic E-state index is -0.460. The molecule has 0 fully saturated rings. The van der Waals surface area contributed by atoms with Gasteiger partial charge < -0.3 is 5.32 Å². The van der Waals surface area contributed by atoms with Crippen molar-refractivity contribution in [3.63, 3.8) is 0 Å². The first-order chi connectivity index (χ1) is 9.15. The van der Waals surface area contributed by atoms with Crippen LogP contribution >= 0.6 is 0 Å². The average Bonchev–Trinajstić information content (AvgIpc) is 2.91. The highest BCUT2D eigenvalue weighted by Crippen LogP contribution is 2.14. The Bertz CT molecular complexity index is 546. The van der Waals surface area contributed by atoms with Gasteiger partial charge in [-0.3, -0.25) is 4.68 Å². The zero-order valence-corrected chi connectivity index (χ0v) is 11.0. The molecule has 0 atom stereocenters. The fourth-order valence-corrected chi connectivity index (χ4v) is 1.82. The Morgan fingerprint density at radius 2 is 2.21 bits per heavy atom. The molecule has 104 valence electrons. The molecule has 0 aromatic carbocycles. The average molecular weight is 269 g/mol. The maximum atomic E-state index is 13.7.